The van der Waals surface area contributed by atoms with E-state index in [2.05, 4.69) is 40.5 Å². The molecule has 3 N–H and O–H groups in total. The summed E-state index contributed by atoms with van der Waals surface area (Å²) in [6.07, 6.45) is 7.08. The van der Waals surface area contributed by atoms with Crippen LogP contribution >= 0.6 is 0 Å². The van der Waals surface area contributed by atoms with Gasteiger partial charge in [0.1, 0.15) is 11.9 Å². The Morgan fingerprint density at radius 1 is 1.10 bits per heavy atom. The molecule has 1 aliphatic carbocycles. The van der Waals surface area contributed by atoms with Crippen molar-refractivity contribution in [3.8, 4) is 0 Å². The predicted octanol–water partition coefficient (Wildman–Crippen LogP) is 3.69. The van der Waals surface area contributed by atoms with Gasteiger partial charge in [0.05, 0.1) is 17.0 Å². The minimum Gasteiger partial charge on any atom is -0.371 e. The molecule has 2 aliphatic rings. The normalized spacial score (nSPS) is 22.8. The fourth-order valence-corrected chi connectivity index (χ4v) is 4.62. The van der Waals surface area contributed by atoms with Gasteiger partial charge in [0.2, 0.25) is 0 Å². The van der Waals surface area contributed by atoms with Gasteiger partial charge in [0, 0.05) is 36.7 Å². The van der Waals surface area contributed by atoms with Crippen molar-refractivity contribution < 1.29 is 10.1 Å². The number of quaternary nitrogens is 1. The van der Waals surface area contributed by atoms with Gasteiger partial charge in [-0.05, 0) is 52.5 Å². The number of carbonyl (C=O) groups excluding carboxylic acids is 1. The van der Waals surface area contributed by atoms with Crippen LogP contribution in [0.4, 0.5) is 11.5 Å². The lowest BCUT2D eigenvalue weighted by Gasteiger charge is -2.32. The van der Waals surface area contributed by atoms with E-state index in [1.165, 1.54) is 36.8 Å². The number of nitrogens with two attached hydrogens (primary N) is 1. The molecule has 5 nitrogen and oxygen atoms in total. The van der Waals surface area contributed by atoms with Crippen LogP contribution in [0, 0.1) is 5.41 Å². The number of anilines is 2. The van der Waals surface area contributed by atoms with Crippen molar-refractivity contribution in [1.29, 1.82) is 0 Å². The summed E-state index contributed by atoms with van der Waals surface area (Å²) in [5, 5.41) is 6.94. The van der Waals surface area contributed by atoms with Crippen molar-refractivity contribution in [3.05, 3.63) is 30.3 Å². The monoisotopic (exact) mass is 395 g/mol. The third-order valence-corrected chi connectivity index (χ3v) is 6.40. The first-order valence-electron chi connectivity index (χ1n) is 11.2. The van der Waals surface area contributed by atoms with Gasteiger partial charge >= 0.3 is 5.91 Å². The minimum atomic E-state index is -0.313. The number of carbonyl (C=O) groups is 1. The lowest BCUT2D eigenvalue weighted by molar-refractivity contribution is -0.615. The van der Waals surface area contributed by atoms with Crippen LogP contribution in [0.1, 0.15) is 59.3 Å². The summed E-state index contributed by atoms with van der Waals surface area (Å²) in [5.41, 5.74) is 2.02. The Kier molecular flexibility index (Phi) is 5.77. The number of nitrogens with one attached hydrogen (secondary N) is 1. The maximum absolute atomic E-state index is 12.6. The Balaban J connectivity index is 1.59. The van der Waals surface area contributed by atoms with E-state index in [-0.39, 0.29) is 23.4 Å². The molecule has 0 spiro atoms. The molecule has 1 amide bonds. The number of fused-ring (bicyclic) bond motifs is 1. The molecule has 5 heteroatoms. The summed E-state index contributed by atoms with van der Waals surface area (Å²) in [4.78, 5) is 20.0. The fourth-order valence-electron chi connectivity index (χ4n) is 4.62. The van der Waals surface area contributed by atoms with Crippen molar-refractivity contribution >= 4 is 28.3 Å². The zero-order chi connectivity index (χ0) is 20.4. The molecule has 29 heavy (non-hydrogen) atoms. The summed E-state index contributed by atoms with van der Waals surface area (Å²) in [6.45, 7) is 8.25. The number of nitrogens with zero attached hydrogens (tertiary/aromatic N) is 2. The molecular formula is C24H35N4O+. The van der Waals surface area contributed by atoms with Crippen LogP contribution < -0.4 is 15.5 Å². The Hall–Kier alpha value is -2.14. The van der Waals surface area contributed by atoms with Gasteiger partial charge in [-0.3, -0.25) is 5.32 Å². The topological polar surface area (TPSA) is 61.8 Å². The lowest BCUT2D eigenvalue weighted by atomic mass is 9.88. The zero-order valence-corrected chi connectivity index (χ0v) is 18.1. The Labute approximate surface area is 174 Å². The van der Waals surface area contributed by atoms with Gasteiger partial charge < -0.3 is 10.2 Å². The van der Waals surface area contributed by atoms with Crippen molar-refractivity contribution in [2.24, 2.45) is 5.41 Å². The number of primary amides is 1. The molecule has 2 fully saturated rings. The second kappa shape index (κ2) is 8.31. The highest BCUT2D eigenvalue weighted by Gasteiger charge is 2.34. The van der Waals surface area contributed by atoms with Crippen LogP contribution in [0.15, 0.2) is 30.3 Å². The molecule has 1 aromatic heterocycles. The van der Waals surface area contributed by atoms with E-state index in [1.54, 1.807) is 0 Å². The van der Waals surface area contributed by atoms with Gasteiger partial charge in [0.15, 0.2) is 0 Å². The number of para-hydroxylation sites is 1. The standard InChI is InChI=1S/C24H34N4O/c1-24(2,3)23(29)27-20-13-7-6-12-19(20)26-22-16-21(28-14-8-9-15-28)17-10-4-5-11-18(17)25-22/h4-5,10-11,16,19-20H,6-9,12-15H2,1-3H3,(H,25,26)(H,27,29)/p+1/t19-,20?/m0/s1. The third-order valence-electron chi connectivity index (χ3n) is 6.40. The molecule has 2 aromatic rings. The largest absolute Gasteiger partial charge is 0.371 e. The second-order valence-electron chi connectivity index (χ2n) is 9.72. The quantitative estimate of drug-likeness (QED) is 0.829. The Bertz CT molecular complexity index is 867. The molecule has 1 saturated heterocycles. The first-order chi connectivity index (χ1) is 13.9. The average molecular weight is 396 g/mol. The van der Waals surface area contributed by atoms with Gasteiger partial charge in [-0.15, -0.1) is 0 Å². The number of benzene rings is 1. The Morgan fingerprint density at radius 3 is 2.59 bits per heavy atom. The highest BCUT2D eigenvalue weighted by atomic mass is 16.2. The zero-order valence-electron chi connectivity index (χ0n) is 18.1. The number of pyridine rings is 1. The van der Waals surface area contributed by atoms with Crippen LogP contribution in [0.25, 0.3) is 10.9 Å². The molecular weight excluding hydrogens is 360 g/mol. The van der Waals surface area contributed by atoms with Crippen molar-refractivity contribution in [2.45, 2.75) is 71.4 Å². The molecule has 0 radical (unpaired) electrons. The molecule has 1 unspecified atom stereocenters. The van der Waals surface area contributed by atoms with Gasteiger partial charge in [-0.2, -0.15) is 0 Å². The SMILES string of the molecule is CC(C)(C)C(=O)[NH2+]C1CCCC[C@@H]1Nc1cc(N2CCCC2)c2ccccc2n1. The van der Waals surface area contributed by atoms with E-state index in [1.807, 2.05) is 26.1 Å². The van der Waals surface area contributed by atoms with Crippen LogP contribution in [0.2, 0.25) is 0 Å². The van der Waals surface area contributed by atoms with Crippen LogP contribution in [-0.2, 0) is 4.79 Å². The molecule has 1 aromatic carbocycles. The highest BCUT2D eigenvalue weighted by Crippen LogP contribution is 2.32. The lowest BCUT2D eigenvalue weighted by Crippen LogP contribution is -2.98. The van der Waals surface area contributed by atoms with Crippen molar-refractivity contribution in [2.75, 3.05) is 23.3 Å². The molecule has 1 saturated carbocycles. The minimum absolute atomic E-state index is 0.250. The van der Waals surface area contributed by atoms with Crippen LogP contribution in [-0.4, -0.2) is 36.1 Å². The summed E-state index contributed by atoms with van der Waals surface area (Å²) in [7, 11) is 0. The predicted molar refractivity (Wildman–Crippen MR) is 119 cm³/mol. The highest BCUT2D eigenvalue weighted by molar-refractivity contribution is 5.93. The summed E-state index contributed by atoms with van der Waals surface area (Å²) >= 11 is 0. The van der Waals surface area contributed by atoms with E-state index in [0.29, 0.717) is 0 Å². The first-order valence-corrected chi connectivity index (χ1v) is 11.2. The van der Waals surface area contributed by atoms with E-state index in [4.69, 9.17) is 4.98 Å². The summed E-state index contributed by atoms with van der Waals surface area (Å²) in [5.74, 6) is 1.19. The van der Waals surface area contributed by atoms with Crippen LogP contribution in [0.3, 0.4) is 0 Å². The number of hydrogen-bond donors (Lipinski definition) is 2. The Morgan fingerprint density at radius 2 is 1.83 bits per heavy atom. The molecule has 2 atom stereocenters. The molecule has 4 rings (SSSR count). The van der Waals surface area contributed by atoms with E-state index >= 15 is 0 Å². The molecule has 2 heterocycles. The maximum Gasteiger partial charge on any atom is 0.316 e. The number of aromatic nitrogens is 1. The summed E-state index contributed by atoms with van der Waals surface area (Å²) < 4.78 is 0. The van der Waals surface area contributed by atoms with Gasteiger partial charge in [0.25, 0.3) is 0 Å². The van der Waals surface area contributed by atoms with E-state index in [0.717, 1.165) is 37.3 Å². The van der Waals surface area contributed by atoms with Crippen molar-refractivity contribution in [1.82, 2.24) is 4.98 Å². The number of hydrogen-bond acceptors (Lipinski definition) is 4. The van der Waals surface area contributed by atoms with Gasteiger partial charge in [-0.25, -0.2) is 9.78 Å². The number of rotatable bonds is 4. The average Bonchev–Trinajstić information content (AvgIpc) is 3.23. The van der Waals surface area contributed by atoms with Gasteiger partial charge in [-0.1, -0.05) is 24.6 Å². The summed E-state index contributed by atoms with van der Waals surface area (Å²) in [6, 6.07) is 11.2. The van der Waals surface area contributed by atoms with E-state index < -0.39 is 0 Å². The maximum atomic E-state index is 12.6. The smallest absolute Gasteiger partial charge is 0.316 e. The molecule has 156 valence electrons. The van der Waals surface area contributed by atoms with Crippen LogP contribution in [0.5, 0.6) is 0 Å². The number of amides is 1. The second-order valence-corrected chi connectivity index (χ2v) is 9.72. The van der Waals surface area contributed by atoms with E-state index in [9.17, 15) is 4.79 Å². The fraction of sp³-hybridized carbons (Fsp3) is 0.583. The third kappa shape index (κ3) is 4.55. The van der Waals surface area contributed by atoms with Crippen molar-refractivity contribution in [3.63, 3.8) is 0 Å². The molecule has 0 bridgehead atoms. The first kappa shape index (κ1) is 20.1. The molecule has 1 aliphatic heterocycles.